The zero-order chi connectivity index (χ0) is 21.3. The molecule has 0 saturated carbocycles. The zero-order valence-corrected chi connectivity index (χ0v) is 20.9. The summed E-state index contributed by atoms with van der Waals surface area (Å²) in [7, 11) is 0. The summed E-state index contributed by atoms with van der Waals surface area (Å²) in [6, 6.07) is 0. The summed E-state index contributed by atoms with van der Waals surface area (Å²) in [6.07, 6.45) is 25.8. The molecule has 0 aliphatic heterocycles. The summed E-state index contributed by atoms with van der Waals surface area (Å²) in [5, 5.41) is 9.29. The van der Waals surface area contributed by atoms with Crippen LogP contribution in [0.5, 0.6) is 0 Å². The Morgan fingerprint density at radius 2 is 1.07 bits per heavy atom. The van der Waals surface area contributed by atoms with Gasteiger partial charge in [0.1, 0.15) is 0 Å². The van der Waals surface area contributed by atoms with Crippen molar-refractivity contribution in [2.45, 2.75) is 142 Å². The predicted octanol–water partition coefficient (Wildman–Crippen LogP) is 8.55. The van der Waals surface area contributed by atoms with Crippen molar-refractivity contribution in [3.63, 3.8) is 0 Å². The molecule has 0 aliphatic carbocycles. The molecule has 0 heterocycles. The molecule has 2 nitrogen and oxygen atoms in total. The van der Waals surface area contributed by atoms with E-state index in [0.29, 0.717) is 0 Å². The molecule has 0 bridgehead atoms. The average Bonchev–Trinajstić information content (AvgIpc) is 2.73. The molecule has 1 N–H and O–H groups in total. The van der Waals surface area contributed by atoms with Crippen molar-refractivity contribution < 1.29 is 9.84 Å². The molecule has 0 aromatic heterocycles. The molecule has 0 spiro atoms. The molecule has 0 rings (SSSR count). The van der Waals surface area contributed by atoms with Gasteiger partial charge in [-0.25, -0.2) is 0 Å². The van der Waals surface area contributed by atoms with Crippen LogP contribution in [0.4, 0.5) is 0 Å². The Balaban J connectivity index is 3.40. The smallest absolute Gasteiger partial charge is 0.0687 e. The van der Waals surface area contributed by atoms with Gasteiger partial charge in [0.25, 0.3) is 0 Å². The fraction of sp³-hybridized carbons (Fsp3) is 1.00. The first kappa shape index (κ1) is 29.3. The van der Waals surface area contributed by atoms with Crippen LogP contribution in [0.3, 0.4) is 0 Å². The van der Waals surface area contributed by atoms with E-state index in [1.807, 2.05) is 11.8 Å². The van der Waals surface area contributed by atoms with E-state index in [2.05, 4.69) is 13.8 Å². The maximum Gasteiger partial charge on any atom is 0.0687 e. The van der Waals surface area contributed by atoms with Crippen LogP contribution in [-0.2, 0) is 4.74 Å². The van der Waals surface area contributed by atoms with Crippen molar-refractivity contribution in [1.29, 1.82) is 0 Å². The van der Waals surface area contributed by atoms with Crippen LogP contribution in [0.25, 0.3) is 0 Å². The van der Waals surface area contributed by atoms with Crippen LogP contribution in [0.15, 0.2) is 0 Å². The van der Waals surface area contributed by atoms with E-state index < -0.39 is 0 Å². The van der Waals surface area contributed by atoms with Gasteiger partial charge >= 0.3 is 0 Å². The molecule has 0 amide bonds. The minimum atomic E-state index is 0.248. The van der Waals surface area contributed by atoms with Crippen LogP contribution < -0.4 is 0 Å². The van der Waals surface area contributed by atoms with E-state index >= 15 is 0 Å². The number of hydrogen-bond acceptors (Lipinski definition) is 3. The number of thioether (sulfide) groups is 1. The van der Waals surface area contributed by atoms with Gasteiger partial charge in [-0.15, -0.1) is 0 Å². The van der Waals surface area contributed by atoms with Gasteiger partial charge < -0.3 is 9.84 Å². The lowest BCUT2D eigenvalue weighted by atomic mass is 10.1. The lowest BCUT2D eigenvalue weighted by Gasteiger charge is -2.16. The largest absolute Gasteiger partial charge is 0.396 e. The van der Waals surface area contributed by atoms with Gasteiger partial charge in [0.2, 0.25) is 0 Å². The van der Waals surface area contributed by atoms with Gasteiger partial charge in [-0.3, -0.25) is 0 Å². The van der Waals surface area contributed by atoms with Crippen molar-refractivity contribution in [2.24, 2.45) is 0 Å². The van der Waals surface area contributed by atoms with E-state index in [-0.39, 0.29) is 12.7 Å². The fourth-order valence-electron chi connectivity index (χ4n) is 3.75. The maximum atomic E-state index is 9.29. The molecule has 0 radical (unpaired) electrons. The molecule has 0 aromatic carbocycles. The quantitative estimate of drug-likeness (QED) is 0.147. The van der Waals surface area contributed by atoms with Crippen LogP contribution in [0.2, 0.25) is 0 Å². The molecular weight excluding hydrogens is 376 g/mol. The first-order chi connectivity index (χ1) is 14.3. The third kappa shape index (κ3) is 24.4. The third-order valence-electron chi connectivity index (χ3n) is 5.75. The molecule has 176 valence electrons. The predicted molar refractivity (Wildman–Crippen MR) is 133 cm³/mol. The van der Waals surface area contributed by atoms with E-state index in [9.17, 15) is 5.11 Å². The summed E-state index contributed by atoms with van der Waals surface area (Å²) in [6.45, 7) is 5.69. The minimum Gasteiger partial charge on any atom is -0.396 e. The highest BCUT2D eigenvalue weighted by Gasteiger charge is 2.08. The van der Waals surface area contributed by atoms with Crippen molar-refractivity contribution in [2.75, 3.05) is 24.7 Å². The second-order valence-electron chi connectivity index (χ2n) is 8.74. The number of hydrogen-bond donors (Lipinski definition) is 1. The number of ether oxygens (including phenoxy) is 1. The summed E-state index contributed by atoms with van der Waals surface area (Å²) in [4.78, 5) is 0. The van der Waals surface area contributed by atoms with Crippen LogP contribution in [0, 0.1) is 0 Å². The van der Waals surface area contributed by atoms with Gasteiger partial charge in [0, 0.05) is 19.0 Å². The second-order valence-corrected chi connectivity index (χ2v) is 9.89. The van der Waals surface area contributed by atoms with Gasteiger partial charge in [0.15, 0.2) is 0 Å². The molecule has 3 heteroatoms. The Morgan fingerprint density at radius 3 is 1.55 bits per heavy atom. The molecule has 0 saturated heterocycles. The van der Waals surface area contributed by atoms with Crippen LogP contribution >= 0.6 is 11.8 Å². The van der Waals surface area contributed by atoms with Crippen molar-refractivity contribution in [3.05, 3.63) is 0 Å². The van der Waals surface area contributed by atoms with Gasteiger partial charge in [0.05, 0.1) is 6.10 Å². The highest BCUT2D eigenvalue weighted by Crippen LogP contribution is 2.15. The number of aliphatic hydroxyl groups excluding tert-OH is 1. The van der Waals surface area contributed by atoms with Crippen LogP contribution in [0.1, 0.15) is 136 Å². The average molecular weight is 431 g/mol. The van der Waals surface area contributed by atoms with Crippen molar-refractivity contribution in [3.8, 4) is 0 Å². The van der Waals surface area contributed by atoms with Gasteiger partial charge in [-0.2, -0.15) is 11.8 Å². The molecule has 1 unspecified atom stereocenters. The van der Waals surface area contributed by atoms with Crippen LogP contribution in [-0.4, -0.2) is 35.9 Å². The molecule has 0 aromatic rings. The first-order valence-electron chi connectivity index (χ1n) is 13.1. The minimum absolute atomic E-state index is 0.248. The highest BCUT2D eigenvalue weighted by atomic mass is 32.2. The van der Waals surface area contributed by atoms with E-state index in [0.717, 1.165) is 18.8 Å². The zero-order valence-electron chi connectivity index (χ0n) is 20.1. The second kappa shape index (κ2) is 26.3. The number of rotatable bonds is 25. The van der Waals surface area contributed by atoms with E-state index in [1.165, 1.54) is 121 Å². The molecule has 0 fully saturated rings. The Hall–Kier alpha value is 0.270. The Kier molecular flexibility index (Phi) is 26.6. The van der Waals surface area contributed by atoms with Crippen molar-refractivity contribution >= 4 is 11.8 Å². The Morgan fingerprint density at radius 1 is 0.621 bits per heavy atom. The fourth-order valence-corrected chi connectivity index (χ4v) is 4.85. The maximum absolute atomic E-state index is 9.29. The van der Waals surface area contributed by atoms with E-state index in [4.69, 9.17) is 4.74 Å². The highest BCUT2D eigenvalue weighted by molar-refractivity contribution is 7.99. The molecule has 29 heavy (non-hydrogen) atoms. The summed E-state index contributed by atoms with van der Waals surface area (Å²) < 4.78 is 6.05. The van der Waals surface area contributed by atoms with E-state index in [1.54, 1.807) is 0 Å². The SMILES string of the molecule is CCCCCCCCCCCOC(CCO)CSCCCCCCCCCCC. The number of aliphatic hydroxyl groups is 1. The Labute approximate surface area is 188 Å². The third-order valence-corrected chi connectivity index (χ3v) is 6.93. The lowest BCUT2D eigenvalue weighted by molar-refractivity contribution is 0.0486. The number of unbranched alkanes of at least 4 members (excludes halogenated alkanes) is 16. The monoisotopic (exact) mass is 430 g/mol. The molecule has 0 aliphatic rings. The van der Waals surface area contributed by atoms with Gasteiger partial charge in [-0.05, 0) is 25.0 Å². The summed E-state index contributed by atoms with van der Waals surface area (Å²) >= 11 is 2.02. The molecule has 1 atom stereocenters. The molecular formula is C26H54O2S. The van der Waals surface area contributed by atoms with Crippen molar-refractivity contribution in [1.82, 2.24) is 0 Å². The lowest BCUT2D eigenvalue weighted by Crippen LogP contribution is -2.18. The Bertz CT molecular complexity index is 286. The normalized spacial score (nSPS) is 12.5. The first-order valence-corrected chi connectivity index (χ1v) is 14.3. The topological polar surface area (TPSA) is 29.5 Å². The summed E-state index contributed by atoms with van der Waals surface area (Å²) in [5.41, 5.74) is 0. The standard InChI is InChI=1S/C26H54O2S/c1-3-5-7-9-11-13-15-17-19-23-28-26(21-22-27)25-29-24-20-18-16-14-12-10-8-6-4-2/h26-27H,3-25H2,1-2H3. The summed E-state index contributed by atoms with van der Waals surface area (Å²) in [5.74, 6) is 2.30. The van der Waals surface area contributed by atoms with Gasteiger partial charge in [-0.1, -0.05) is 117 Å².